The SMILES string of the molecule is Cc1ccc(C(=O)Nc2ccccc2C(=O)N[C@@H](C)C(=O)O)cc1. The van der Waals surface area contributed by atoms with Gasteiger partial charge in [-0.2, -0.15) is 0 Å². The highest BCUT2D eigenvalue weighted by Gasteiger charge is 2.18. The highest BCUT2D eigenvalue weighted by atomic mass is 16.4. The summed E-state index contributed by atoms with van der Waals surface area (Å²) >= 11 is 0. The molecule has 0 saturated heterocycles. The van der Waals surface area contributed by atoms with Crippen LogP contribution in [0, 0.1) is 6.92 Å². The molecule has 124 valence electrons. The molecule has 3 N–H and O–H groups in total. The maximum atomic E-state index is 12.3. The number of para-hydroxylation sites is 1. The third kappa shape index (κ3) is 4.19. The van der Waals surface area contributed by atoms with Gasteiger partial charge in [0.15, 0.2) is 0 Å². The van der Waals surface area contributed by atoms with Crippen molar-refractivity contribution >= 4 is 23.5 Å². The Bertz CT molecular complexity index is 769. The van der Waals surface area contributed by atoms with Gasteiger partial charge in [-0.25, -0.2) is 0 Å². The van der Waals surface area contributed by atoms with Crippen molar-refractivity contribution in [3.63, 3.8) is 0 Å². The minimum absolute atomic E-state index is 0.200. The van der Waals surface area contributed by atoms with Crippen LogP contribution >= 0.6 is 0 Å². The highest BCUT2D eigenvalue weighted by molar-refractivity contribution is 6.09. The Morgan fingerprint density at radius 3 is 2.21 bits per heavy atom. The molecule has 6 nitrogen and oxygen atoms in total. The molecule has 0 aromatic heterocycles. The zero-order valence-electron chi connectivity index (χ0n) is 13.4. The van der Waals surface area contributed by atoms with Crippen LogP contribution in [-0.4, -0.2) is 28.9 Å². The van der Waals surface area contributed by atoms with Crippen LogP contribution in [0.25, 0.3) is 0 Å². The van der Waals surface area contributed by atoms with Gasteiger partial charge in [-0.3, -0.25) is 14.4 Å². The number of rotatable bonds is 5. The van der Waals surface area contributed by atoms with Crippen molar-refractivity contribution in [2.45, 2.75) is 19.9 Å². The molecule has 0 aliphatic heterocycles. The standard InChI is InChI=1S/C18H18N2O4/c1-11-7-9-13(10-8-11)16(21)20-15-6-4-3-5-14(15)17(22)19-12(2)18(23)24/h3-10,12H,1-2H3,(H,19,22)(H,20,21)(H,23,24)/t12-/m0/s1. The van der Waals surface area contributed by atoms with Crippen LogP contribution in [0.5, 0.6) is 0 Å². The summed E-state index contributed by atoms with van der Waals surface area (Å²) in [5.74, 6) is -2.05. The third-order valence-electron chi connectivity index (χ3n) is 3.45. The summed E-state index contributed by atoms with van der Waals surface area (Å²) in [6.45, 7) is 3.29. The smallest absolute Gasteiger partial charge is 0.325 e. The van der Waals surface area contributed by atoms with E-state index in [0.29, 0.717) is 11.3 Å². The molecular formula is C18H18N2O4. The zero-order valence-corrected chi connectivity index (χ0v) is 13.4. The summed E-state index contributed by atoms with van der Waals surface area (Å²) in [6.07, 6.45) is 0. The molecular weight excluding hydrogens is 308 g/mol. The van der Waals surface area contributed by atoms with E-state index in [1.54, 1.807) is 30.3 Å². The molecule has 0 fully saturated rings. The van der Waals surface area contributed by atoms with E-state index in [2.05, 4.69) is 10.6 Å². The van der Waals surface area contributed by atoms with Gasteiger partial charge in [-0.05, 0) is 38.1 Å². The van der Waals surface area contributed by atoms with Gasteiger partial charge in [0.1, 0.15) is 6.04 Å². The summed E-state index contributed by atoms with van der Waals surface area (Å²) in [5, 5.41) is 13.9. The van der Waals surface area contributed by atoms with Crippen LogP contribution in [0.2, 0.25) is 0 Å². The number of aryl methyl sites for hydroxylation is 1. The first-order valence-electron chi connectivity index (χ1n) is 7.39. The second kappa shape index (κ2) is 7.41. The summed E-state index contributed by atoms with van der Waals surface area (Å²) in [7, 11) is 0. The first kappa shape index (κ1) is 17.2. The lowest BCUT2D eigenvalue weighted by molar-refractivity contribution is -0.138. The largest absolute Gasteiger partial charge is 0.480 e. The highest BCUT2D eigenvalue weighted by Crippen LogP contribution is 2.16. The van der Waals surface area contributed by atoms with Gasteiger partial charge in [0.25, 0.3) is 11.8 Å². The first-order valence-corrected chi connectivity index (χ1v) is 7.39. The van der Waals surface area contributed by atoms with E-state index in [4.69, 9.17) is 5.11 Å². The fourth-order valence-corrected chi connectivity index (χ4v) is 2.03. The number of carboxylic acids is 1. The van der Waals surface area contributed by atoms with Crippen molar-refractivity contribution in [1.82, 2.24) is 5.32 Å². The van der Waals surface area contributed by atoms with Gasteiger partial charge in [0.2, 0.25) is 0 Å². The van der Waals surface area contributed by atoms with Gasteiger partial charge in [-0.15, -0.1) is 0 Å². The number of carboxylic acid groups (broad SMARTS) is 1. The van der Waals surface area contributed by atoms with E-state index in [1.807, 2.05) is 19.1 Å². The average molecular weight is 326 g/mol. The maximum Gasteiger partial charge on any atom is 0.325 e. The number of hydrogen-bond acceptors (Lipinski definition) is 3. The summed E-state index contributed by atoms with van der Waals surface area (Å²) < 4.78 is 0. The minimum atomic E-state index is -1.13. The first-order chi connectivity index (χ1) is 11.4. The molecule has 2 amide bonds. The fraction of sp³-hybridized carbons (Fsp3) is 0.167. The number of amides is 2. The van der Waals surface area contributed by atoms with Gasteiger partial charge in [0.05, 0.1) is 11.3 Å². The molecule has 0 saturated carbocycles. The zero-order chi connectivity index (χ0) is 17.7. The van der Waals surface area contributed by atoms with Crippen LogP contribution in [0.3, 0.4) is 0 Å². The molecule has 0 unspecified atom stereocenters. The number of aliphatic carboxylic acids is 1. The van der Waals surface area contributed by atoms with Gasteiger partial charge < -0.3 is 15.7 Å². The van der Waals surface area contributed by atoms with E-state index in [9.17, 15) is 14.4 Å². The van der Waals surface area contributed by atoms with Crippen LogP contribution in [0.15, 0.2) is 48.5 Å². The summed E-state index contributed by atoms with van der Waals surface area (Å²) in [4.78, 5) is 35.4. The van der Waals surface area contributed by atoms with Gasteiger partial charge in [0, 0.05) is 5.56 Å². The Balaban J connectivity index is 2.19. The van der Waals surface area contributed by atoms with Crippen LogP contribution in [0.4, 0.5) is 5.69 Å². The molecule has 24 heavy (non-hydrogen) atoms. The topological polar surface area (TPSA) is 95.5 Å². The number of hydrogen-bond donors (Lipinski definition) is 3. The lowest BCUT2D eigenvalue weighted by Gasteiger charge is -2.13. The number of nitrogens with one attached hydrogen (secondary N) is 2. The van der Waals surface area contributed by atoms with Crippen molar-refractivity contribution in [3.05, 3.63) is 65.2 Å². The predicted octanol–water partition coefficient (Wildman–Crippen LogP) is 2.45. The van der Waals surface area contributed by atoms with Crippen molar-refractivity contribution in [3.8, 4) is 0 Å². The van der Waals surface area contributed by atoms with Crippen molar-refractivity contribution in [2.75, 3.05) is 5.32 Å². The van der Waals surface area contributed by atoms with E-state index >= 15 is 0 Å². The number of anilines is 1. The molecule has 1 atom stereocenters. The number of carbonyl (C=O) groups is 3. The Labute approximate surface area is 139 Å². The molecule has 0 bridgehead atoms. The second-order valence-corrected chi connectivity index (χ2v) is 5.40. The Hall–Kier alpha value is -3.15. The van der Waals surface area contributed by atoms with Crippen molar-refractivity contribution < 1.29 is 19.5 Å². The molecule has 2 aromatic rings. The maximum absolute atomic E-state index is 12.3. The Morgan fingerprint density at radius 2 is 1.58 bits per heavy atom. The number of carbonyl (C=O) groups excluding carboxylic acids is 2. The average Bonchev–Trinajstić information content (AvgIpc) is 2.55. The second-order valence-electron chi connectivity index (χ2n) is 5.40. The molecule has 2 aromatic carbocycles. The molecule has 2 rings (SSSR count). The minimum Gasteiger partial charge on any atom is -0.480 e. The lowest BCUT2D eigenvalue weighted by Crippen LogP contribution is -2.38. The van der Waals surface area contributed by atoms with E-state index in [0.717, 1.165) is 5.56 Å². The molecule has 0 radical (unpaired) electrons. The van der Waals surface area contributed by atoms with Gasteiger partial charge >= 0.3 is 5.97 Å². The summed E-state index contributed by atoms with van der Waals surface area (Å²) in [5.41, 5.74) is 2.02. The Kier molecular flexibility index (Phi) is 5.31. The molecule has 0 aliphatic carbocycles. The molecule has 0 aliphatic rings. The lowest BCUT2D eigenvalue weighted by atomic mass is 10.1. The van der Waals surface area contributed by atoms with E-state index in [1.165, 1.54) is 13.0 Å². The van der Waals surface area contributed by atoms with E-state index < -0.39 is 17.9 Å². The number of benzene rings is 2. The third-order valence-corrected chi connectivity index (χ3v) is 3.45. The normalized spacial score (nSPS) is 11.4. The van der Waals surface area contributed by atoms with Crippen LogP contribution in [0.1, 0.15) is 33.2 Å². The molecule has 0 heterocycles. The molecule has 6 heteroatoms. The predicted molar refractivity (Wildman–Crippen MR) is 90.1 cm³/mol. The monoisotopic (exact) mass is 326 g/mol. The van der Waals surface area contributed by atoms with Crippen LogP contribution < -0.4 is 10.6 Å². The van der Waals surface area contributed by atoms with Crippen LogP contribution in [-0.2, 0) is 4.79 Å². The molecule has 0 spiro atoms. The summed E-state index contributed by atoms with van der Waals surface area (Å²) in [6, 6.07) is 12.4. The fourth-order valence-electron chi connectivity index (χ4n) is 2.03. The quantitative estimate of drug-likeness (QED) is 0.786. The Morgan fingerprint density at radius 1 is 0.958 bits per heavy atom. The van der Waals surface area contributed by atoms with E-state index in [-0.39, 0.29) is 11.5 Å². The van der Waals surface area contributed by atoms with Gasteiger partial charge in [-0.1, -0.05) is 29.8 Å². The van der Waals surface area contributed by atoms with Crippen molar-refractivity contribution in [1.29, 1.82) is 0 Å². The van der Waals surface area contributed by atoms with Crippen molar-refractivity contribution in [2.24, 2.45) is 0 Å².